The molecule has 20 heavy (non-hydrogen) atoms. The predicted octanol–water partition coefficient (Wildman–Crippen LogP) is 3.77. The molecule has 2 radical (unpaired) electrons. The lowest BCUT2D eigenvalue weighted by Gasteiger charge is -2.10. The van der Waals surface area contributed by atoms with Crippen molar-refractivity contribution in [3.63, 3.8) is 0 Å². The molecule has 2 aromatic rings. The lowest BCUT2D eigenvalue weighted by atomic mass is 10.1. The average Bonchev–Trinajstić information content (AvgIpc) is 2.72. The molecule has 0 amide bonds. The smallest absolute Gasteiger partial charge is 0.160 e. The highest BCUT2D eigenvalue weighted by Gasteiger charge is 2.12. The summed E-state index contributed by atoms with van der Waals surface area (Å²) in [5, 5.41) is 4.62. The molecule has 0 saturated heterocycles. The summed E-state index contributed by atoms with van der Waals surface area (Å²) in [6.45, 7) is 11.6. The van der Waals surface area contributed by atoms with Gasteiger partial charge in [-0.15, -0.1) is 0 Å². The third-order valence-electron chi connectivity index (χ3n) is 3.37. The van der Waals surface area contributed by atoms with Crippen LogP contribution in [0, 0.1) is 27.4 Å². The number of rotatable bonds is 5. The number of aryl methyl sites for hydroxylation is 1. The number of nitrogens with zero attached hydrogens (tertiary/aromatic N) is 2. The van der Waals surface area contributed by atoms with Crippen LogP contribution in [0.5, 0.6) is 0 Å². The summed E-state index contributed by atoms with van der Waals surface area (Å²) in [6.07, 6.45) is 1.84. The summed E-state index contributed by atoms with van der Waals surface area (Å²) >= 11 is 0. The molecule has 3 heteroatoms. The summed E-state index contributed by atoms with van der Waals surface area (Å²) in [6, 6.07) is 10.2. The second-order valence-corrected chi connectivity index (χ2v) is 4.65. The molecule has 0 N–H and O–H groups in total. The number of ether oxygens (including phenoxy) is 1. The number of benzene rings is 1. The van der Waals surface area contributed by atoms with Gasteiger partial charge < -0.3 is 4.74 Å². The Hall–Kier alpha value is -1.87. The van der Waals surface area contributed by atoms with Crippen molar-refractivity contribution in [1.82, 2.24) is 9.78 Å². The van der Waals surface area contributed by atoms with Gasteiger partial charge in [0.1, 0.15) is 0 Å². The van der Waals surface area contributed by atoms with E-state index < -0.39 is 0 Å². The molecule has 104 valence electrons. The fraction of sp³-hybridized carbons (Fsp3) is 0.294. The van der Waals surface area contributed by atoms with E-state index in [2.05, 4.69) is 37.7 Å². The third-order valence-corrected chi connectivity index (χ3v) is 3.37. The zero-order valence-electron chi connectivity index (χ0n) is 12.5. The Bertz CT molecular complexity index is 597. The average molecular weight is 268 g/mol. The summed E-state index contributed by atoms with van der Waals surface area (Å²) in [7, 11) is 0. The molecule has 1 aromatic carbocycles. The zero-order valence-corrected chi connectivity index (χ0v) is 12.5. The van der Waals surface area contributed by atoms with Gasteiger partial charge in [-0.05, 0) is 44.9 Å². The van der Waals surface area contributed by atoms with Crippen molar-refractivity contribution in [1.29, 1.82) is 0 Å². The van der Waals surface area contributed by atoms with Gasteiger partial charge in [-0.3, -0.25) is 0 Å². The Kier molecular flexibility index (Phi) is 4.74. The van der Waals surface area contributed by atoms with E-state index in [4.69, 9.17) is 4.74 Å². The van der Waals surface area contributed by atoms with Gasteiger partial charge in [0.15, 0.2) is 6.61 Å². The van der Waals surface area contributed by atoms with E-state index in [1.165, 1.54) is 5.56 Å². The molecular weight excluding hydrogens is 248 g/mol. The van der Waals surface area contributed by atoms with Crippen molar-refractivity contribution >= 4 is 5.70 Å². The minimum Gasteiger partial charge on any atom is -0.364 e. The first kappa shape index (κ1) is 14.5. The highest BCUT2D eigenvalue weighted by molar-refractivity contribution is 5.67. The summed E-state index contributed by atoms with van der Waals surface area (Å²) in [4.78, 5) is 0. The Morgan fingerprint density at radius 3 is 2.50 bits per heavy atom. The first-order chi connectivity index (χ1) is 9.65. The Morgan fingerprint density at radius 2 is 1.95 bits per heavy atom. The molecule has 1 heterocycles. The molecule has 1 aromatic heterocycles. The van der Waals surface area contributed by atoms with E-state index in [0.717, 1.165) is 22.6 Å². The van der Waals surface area contributed by atoms with Gasteiger partial charge in [-0.1, -0.05) is 30.3 Å². The van der Waals surface area contributed by atoms with Crippen LogP contribution >= 0.6 is 0 Å². The molecule has 0 saturated carbocycles. The Labute approximate surface area is 120 Å². The monoisotopic (exact) mass is 268 g/mol. The van der Waals surface area contributed by atoms with Crippen molar-refractivity contribution in [3.05, 3.63) is 65.5 Å². The second-order valence-electron chi connectivity index (χ2n) is 4.65. The highest BCUT2D eigenvalue weighted by atomic mass is 16.5. The van der Waals surface area contributed by atoms with Crippen LogP contribution in [-0.4, -0.2) is 16.4 Å². The van der Waals surface area contributed by atoms with Crippen LogP contribution in [0.3, 0.4) is 0 Å². The maximum Gasteiger partial charge on any atom is 0.160 e. The van der Waals surface area contributed by atoms with Crippen LogP contribution in [0.2, 0.25) is 0 Å². The Morgan fingerprint density at radius 1 is 1.25 bits per heavy atom. The zero-order chi connectivity index (χ0) is 14.5. The quantitative estimate of drug-likeness (QED) is 0.772. The SMILES string of the molecule is CCO[C]/C=C(\c1ccccc1)n1nc(C)c(C)c1C. The van der Waals surface area contributed by atoms with Gasteiger partial charge in [-0.25, -0.2) is 4.68 Å². The van der Waals surface area contributed by atoms with E-state index >= 15 is 0 Å². The van der Waals surface area contributed by atoms with Crippen molar-refractivity contribution in [2.75, 3.05) is 6.61 Å². The highest BCUT2D eigenvalue weighted by Crippen LogP contribution is 2.22. The normalized spacial score (nSPS) is 11.9. The summed E-state index contributed by atoms with van der Waals surface area (Å²) in [5.41, 5.74) is 5.44. The van der Waals surface area contributed by atoms with Crippen LogP contribution in [0.1, 0.15) is 29.4 Å². The number of hydrogen-bond acceptors (Lipinski definition) is 2. The predicted molar refractivity (Wildman–Crippen MR) is 81.1 cm³/mol. The van der Waals surface area contributed by atoms with Crippen LogP contribution in [0.25, 0.3) is 5.70 Å². The third kappa shape index (κ3) is 2.99. The van der Waals surface area contributed by atoms with Crippen LogP contribution < -0.4 is 0 Å². The van der Waals surface area contributed by atoms with E-state index in [0.29, 0.717) is 6.61 Å². The largest absolute Gasteiger partial charge is 0.364 e. The maximum absolute atomic E-state index is 5.22. The number of hydrogen-bond donors (Lipinski definition) is 0. The molecule has 0 bridgehead atoms. The lowest BCUT2D eigenvalue weighted by molar-refractivity contribution is 0.233. The fourth-order valence-electron chi connectivity index (χ4n) is 2.01. The first-order valence-corrected chi connectivity index (χ1v) is 6.81. The molecule has 0 spiro atoms. The van der Waals surface area contributed by atoms with Gasteiger partial charge in [0.2, 0.25) is 0 Å². The summed E-state index contributed by atoms with van der Waals surface area (Å²) < 4.78 is 7.17. The molecule has 0 aliphatic carbocycles. The van der Waals surface area contributed by atoms with Gasteiger partial charge in [-0.2, -0.15) is 5.10 Å². The van der Waals surface area contributed by atoms with Gasteiger partial charge >= 0.3 is 0 Å². The van der Waals surface area contributed by atoms with Crippen LogP contribution in [-0.2, 0) is 4.74 Å². The molecule has 0 atom stereocenters. The van der Waals surface area contributed by atoms with Gasteiger partial charge in [0.05, 0.1) is 11.4 Å². The van der Waals surface area contributed by atoms with E-state index in [-0.39, 0.29) is 0 Å². The van der Waals surface area contributed by atoms with Gasteiger partial charge in [0, 0.05) is 12.3 Å². The molecule has 0 aliphatic heterocycles. The molecular formula is C17H20N2O. The van der Waals surface area contributed by atoms with Crippen molar-refractivity contribution < 1.29 is 4.74 Å². The van der Waals surface area contributed by atoms with Gasteiger partial charge in [0.25, 0.3) is 0 Å². The first-order valence-electron chi connectivity index (χ1n) is 6.81. The molecule has 3 nitrogen and oxygen atoms in total. The van der Waals surface area contributed by atoms with Crippen molar-refractivity contribution in [2.45, 2.75) is 27.7 Å². The van der Waals surface area contributed by atoms with Crippen LogP contribution in [0.15, 0.2) is 36.4 Å². The fourth-order valence-corrected chi connectivity index (χ4v) is 2.01. The topological polar surface area (TPSA) is 27.1 Å². The van der Waals surface area contributed by atoms with E-state index in [1.54, 1.807) is 0 Å². The lowest BCUT2D eigenvalue weighted by Crippen LogP contribution is -2.04. The van der Waals surface area contributed by atoms with Crippen molar-refractivity contribution in [2.24, 2.45) is 0 Å². The maximum atomic E-state index is 5.22. The molecule has 0 fully saturated rings. The van der Waals surface area contributed by atoms with E-state index in [9.17, 15) is 0 Å². The minimum absolute atomic E-state index is 0.606. The molecule has 0 unspecified atom stereocenters. The summed E-state index contributed by atoms with van der Waals surface area (Å²) in [5.74, 6) is 0. The van der Waals surface area contributed by atoms with Crippen molar-refractivity contribution in [3.8, 4) is 0 Å². The molecule has 2 rings (SSSR count). The Balaban J connectivity index is 2.46. The second kappa shape index (κ2) is 6.53. The minimum atomic E-state index is 0.606. The number of aromatic nitrogens is 2. The van der Waals surface area contributed by atoms with Crippen LogP contribution in [0.4, 0.5) is 0 Å². The standard InChI is InChI=1S/C17H20N2O/c1-5-20-12-11-17(16-9-7-6-8-10-16)19-15(4)13(2)14(3)18-19/h6-11H,5H2,1-4H3/b17-11+. The van der Waals surface area contributed by atoms with E-state index in [1.807, 2.05) is 42.8 Å². The molecule has 0 aliphatic rings.